The van der Waals surface area contributed by atoms with Gasteiger partial charge in [-0.3, -0.25) is 0 Å². The van der Waals surface area contributed by atoms with Gasteiger partial charge in [-0.1, -0.05) is 191 Å². The van der Waals surface area contributed by atoms with Gasteiger partial charge in [-0.2, -0.15) is 0 Å². The van der Waals surface area contributed by atoms with Crippen LogP contribution in [0.1, 0.15) is 81.8 Å². The smallest absolute Gasteiger partial charge is 0.0468 e. The van der Waals surface area contributed by atoms with Crippen molar-refractivity contribution in [1.82, 2.24) is 0 Å². The lowest BCUT2D eigenvalue weighted by Gasteiger charge is -2.28. The van der Waals surface area contributed by atoms with E-state index in [0.717, 1.165) is 23.5 Å². The van der Waals surface area contributed by atoms with Crippen molar-refractivity contribution in [2.45, 2.75) is 77.0 Å². The zero-order valence-electron chi connectivity index (χ0n) is 43.5. The van der Waals surface area contributed by atoms with Crippen molar-refractivity contribution >= 4 is 120 Å². The van der Waals surface area contributed by atoms with Gasteiger partial charge in [-0.15, -0.1) is 0 Å². The fraction of sp³-hybridized carbons (Fsp3) is 0.162. The van der Waals surface area contributed by atoms with Crippen molar-refractivity contribution in [2.24, 2.45) is 0 Å². The molecule has 1 aliphatic carbocycles. The average Bonchev–Trinajstić information content (AvgIpc) is 3.63. The Morgan fingerprint density at radius 3 is 1.25 bits per heavy atom. The van der Waals surface area contributed by atoms with E-state index < -0.39 is 0 Å². The van der Waals surface area contributed by atoms with Gasteiger partial charge in [0.05, 0.1) is 0 Å². The molecule has 14 rings (SSSR count). The first-order valence-corrected chi connectivity index (χ1v) is 28.1. The minimum Gasteiger partial charge on any atom is -0.310 e. The summed E-state index contributed by atoms with van der Waals surface area (Å²) in [6.45, 7) is 2.29. The van der Waals surface area contributed by atoms with Gasteiger partial charge >= 0.3 is 0 Å². The van der Waals surface area contributed by atoms with Crippen molar-refractivity contribution in [2.75, 3.05) is 9.80 Å². The number of nitrogens with zero attached hydrogens (tertiary/aromatic N) is 2. The van der Waals surface area contributed by atoms with Gasteiger partial charge < -0.3 is 9.80 Å². The van der Waals surface area contributed by atoms with E-state index in [0.29, 0.717) is 5.92 Å². The van der Waals surface area contributed by atoms with Gasteiger partial charge in [-0.05, 0) is 214 Å². The van der Waals surface area contributed by atoms with Crippen LogP contribution in [0.25, 0.3) is 86.2 Å². The lowest BCUT2D eigenvalue weighted by atomic mass is 9.84. The Bertz CT molecular complexity index is 4350. The van der Waals surface area contributed by atoms with Crippen molar-refractivity contribution < 1.29 is 0 Å². The predicted molar refractivity (Wildman–Crippen MR) is 330 cm³/mol. The molecule has 0 spiro atoms. The quantitative estimate of drug-likeness (QED) is 0.0684. The predicted octanol–water partition coefficient (Wildman–Crippen LogP) is 22.0. The van der Waals surface area contributed by atoms with E-state index >= 15 is 0 Å². The van der Waals surface area contributed by atoms with Crippen LogP contribution in [0.15, 0.2) is 231 Å². The normalized spacial score (nSPS) is 13.3. The molecule has 0 aromatic heterocycles. The molecule has 0 N–H and O–H groups in total. The van der Waals surface area contributed by atoms with E-state index in [-0.39, 0.29) is 0 Å². The maximum atomic E-state index is 2.51. The van der Waals surface area contributed by atoms with Gasteiger partial charge in [0.1, 0.15) is 0 Å². The van der Waals surface area contributed by atoms with Crippen LogP contribution in [0.3, 0.4) is 0 Å². The Labute approximate surface area is 446 Å². The summed E-state index contributed by atoms with van der Waals surface area (Å²) in [4.78, 5) is 4.97. The molecule has 1 saturated carbocycles. The molecular formula is C74H62N2. The standard InChI is InChI=1S/C74H62N2/c1-2-3-4-6-19-50-20-17-28-57(42-50)75(59-36-34-52-23-9-11-25-54(52)44-59)61-38-40-67-69(46-61)63-30-13-15-32-65(63)71-49-74-68-41-39-62(47-70(68)64-31-14-16-33-66(64)72(74)48-73(67)71)76(60-37-35-53-24-10-12-26-55(53)45-60)58-29-18-27-56(43-58)51-21-7-5-8-22-51/h9-18,20,23-49,51H,2-8,19,21-22H2,1H3. The lowest BCUT2D eigenvalue weighted by Crippen LogP contribution is -2.11. The van der Waals surface area contributed by atoms with Crippen LogP contribution in [0, 0.1) is 0 Å². The van der Waals surface area contributed by atoms with E-state index in [1.54, 1.807) is 0 Å². The second-order valence-electron chi connectivity index (χ2n) is 21.6. The van der Waals surface area contributed by atoms with E-state index in [9.17, 15) is 0 Å². The summed E-state index contributed by atoms with van der Waals surface area (Å²) in [6.07, 6.45) is 12.6. The molecule has 0 amide bonds. The van der Waals surface area contributed by atoms with Gasteiger partial charge in [0.25, 0.3) is 0 Å². The third kappa shape index (κ3) is 8.28. The summed E-state index contributed by atoms with van der Waals surface area (Å²) in [5.41, 5.74) is 9.90. The number of rotatable bonds is 12. The first kappa shape index (κ1) is 46.1. The van der Waals surface area contributed by atoms with Gasteiger partial charge in [0.2, 0.25) is 0 Å². The second kappa shape index (κ2) is 19.7. The highest BCUT2D eigenvalue weighted by Crippen LogP contribution is 2.47. The molecule has 0 atom stereocenters. The number of hydrogen-bond donors (Lipinski definition) is 0. The number of benzene rings is 13. The molecule has 0 heterocycles. The second-order valence-corrected chi connectivity index (χ2v) is 21.6. The summed E-state index contributed by atoms with van der Waals surface area (Å²) in [5.74, 6) is 0.613. The van der Waals surface area contributed by atoms with Gasteiger partial charge in [-0.25, -0.2) is 0 Å². The number of unbranched alkanes of at least 4 members (excludes halogenated alkanes) is 3. The molecule has 13 aromatic carbocycles. The summed E-state index contributed by atoms with van der Waals surface area (Å²) >= 11 is 0. The van der Waals surface area contributed by atoms with Crippen LogP contribution in [-0.2, 0) is 6.42 Å². The van der Waals surface area contributed by atoms with Crippen molar-refractivity contribution in [3.8, 4) is 0 Å². The Morgan fingerprint density at radius 1 is 0.303 bits per heavy atom. The van der Waals surface area contributed by atoms with E-state index in [4.69, 9.17) is 0 Å². The molecule has 0 bridgehead atoms. The van der Waals surface area contributed by atoms with E-state index in [1.807, 2.05) is 0 Å². The molecule has 0 unspecified atom stereocenters. The average molecular weight is 979 g/mol. The number of hydrogen-bond acceptors (Lipinski definition) is 2. The van der Waals surface area contributed by atoms with Crippen LogP contribution in [-0.4, -0.2) is 0 Å². The number of fused-ring (bicyclic) bond motifs is 14. The highest BCUT2D eigenvalue weighted by atomic mass is 15.1. The minimum absolute atomic E-state index is 0.613. The molecule has 1 fully saturated rings. The zero-order valence-corrected chi connectivity index (χ0v) is 43.5. The van der Waals surface area contributed by atoms with Crippen LogP contribution < -0.4 is 9.80 Å². The lowest BCUT2D eigenvalue weighted by molar-refractivity contribution is 0.443. The molecule has 0 saturated heterocycles. The molecule has 1 aliphatic rings. The van der Waals surface area contributed by atoms with Gasteiger partial charge in [0.15, 0.2) is 0 Å². The topological polar surface area (TPSA) is 6.48 Å². The third-order valence-electron chi connectivity index (χ3n) is 17.0. The largest absolute Gasteiger partial charge is 0.310 e. The summed E-state index contributed by atoms with van der Waals surface area (Å²) in [7, 11) is 0. The van der Waals surface area contributed by atoms with Crippen LogP contribution in [0.2, 0.25) is 0 Å². The maximum absolute atomic E-state index is 2.51. The molecule has 2 nitrogen and oxygen atoms in total. The van der Waals surface area contributed by atoms with Crippen molar-refractivity contribution in [3.63, 3.8) is 0 Å². The molecule has 0 radical (unpaired) electrons. The van der Waals surface area contributed by atoms with Crippen LogP contribution in [0.5, 0.6) is 0 Å². The molecule has 76 heavy (non-hydrogen) atoms. The van der Waals surface area contributed by atoms with Crippen molar-refractivity contribution in [1.29, 1.82) is 0 Å². The first-order chi connectivity index (χ1) is 37.6. The maximum Gasteiger partial charge on any atom is 0.0468 e. The number of anilines is 6. The zero-order chi connectivity index (χ0) is 50.5. The third-order valence-corrected chi connectivity index (χ3v) is 17.0. The Morgan fingerprint density at radius 2 is 0.724 bits per heavy atom. The fourth-order valence-electron chi connectivity index (χ4n) is 13.1. The highest BCUT2D eigenvalue weighted by Gasteiger charge is 2.22. The van der Waals surface area contributed by atoms with Gasteiger partial charge in [0, 0.05) is 34.1 Å². The summed E-state index contributed by atoms with van der Waals surface area (Å²) in [5, 5.41) is 20.3. The van der Waals surface area contributed by atoms with Crippen molar-refractivity contribution in [3.05, 3.63) is 242 Å². The SMILES string of the molecule is CCCCCCc1cccc(N(c2ccc3ccccc3c2)c2ccc3c(c2)c2ccccc2c2cc4c5ccc(N(c6cccc(C7CCCCC7)c6)c6ccc7ccccc7c6)cc5c5ccccc5c4cc32)c1. The summed E-state index contributed by atoms with van der Waals surface area (Å²) in [6, 6.07) is 87.7. The Balaban J connectivity index is 0.949. The molecular weight excluding hydrogens is 917 g/mol. The Kier molecular flexibility index (Phi) is 11.9. The molecule has 2 heteroatoms. The fourth-order valence-corrected chi connectivity index (χ4v) is 13.1. The molecule has 13 aromatic rings. The highest BCUT2D eigenvalue weighted by molar-refractivity contribution is 6.33. The minimum atomic E-state index is 0.613. The van der Waals surface area contributed by atoms with E-state index in [1.165, 1.54) is 172 Å². The molecule has 0 aliphatic heterocycles. The van der Waals surface area contributed by atoms with Crippen LogP contribution >= 0.6 is 0 Å². The molecule has 368 valence electrons. The summed E-state index contributed by atoms with van der Waals surface area (Å²) < 4.78 is 0. The number of aryl methyl sites for hydroxylation is 1. The Hall–Kier alpha value is -8.46. The van der Waals surface area contributed by atoms with E-state index in [2.05, 4.69) is 247 Å². The first-order valence-electron chi connectivity index (χ1n) is 28.1. The van der Waals surface area contributed by atoms with Crippen LogP contribution in [0.4, 0.5) is 34.1 Å². The monoisotopic (exact) mass is 978 g/mol.